The van der Waals surface area contributed by atoms with Crippen molar-refractivity contribution in [1.29, 1.82) is 0 Å². The van der Waals surface area contributed by atoms with Crippen LogP contribution in [0.15, 0.2) is 12.3 Å². The van der Waals surface area contributed by atoms with Crippen molar-refractivity contribution in [3.05, 3.63) is 34.5 Å². The molecule has 0 atom stereocenters. The van der Waals surface area contributed by atoms with E-state index in [0.29, 0.717) is 17.5 Å². The molecule has 0 aliphatic rings. The maximum absolute atomic E-state index is 5.97. The quantitative estimate of drug-likeness (QED) is 0.803. The van der Waals surface area contributed by atoms with Gasteiger partial charge in [-0.1, -0.05) is 11.6 Å². The molecular formula is C10H12ClN5. The molecule has 6 heteroatoms. The standard InChI is InChI=1S/C10H12ClN5/c1-6-9(11)14-7(2)15-10(6)12-5-8-3-4-13-16-8/h3-4H,5H2,1-2H3,(H,13,16)(H,12,14,15). The molecule has 0 unspecified atom stereocenters. The second-order valence-corrected chi connectivity index (χ2v) is 3.83. The van der Waals surface area contributed by atoms with Gasteiger partial charge in [0.05, 0.1) is 12.2 Å². The molecule has 2 aromatic heterocycles. The highest BCUT2D eigenvalue weighted by molar-refractivity contribution is 6.30. The second kappa shape index (κ2) is 4.49. The van der Waals surface area contributed by atoms with E-state index >= 15 is 0 Å². The van der Waals surface area contributed by atoms with Crippen LogP contribution in [0.4, 0.5) is 5.82 Å². The molecule has 0 aliphatic heterocycles. The Morgan fingerprint density at radius 2 is 2.19 bits per heavy atom. The van der Waals surface area contributed by atoms with Crippen molar-refractivity contribution in [3.8, 4) is 0 Å². The summed E-state index contributed by atoms with van der Waals surface area (Å²) in [6, 6.07) is 1.90. The first-order valence-electron chi connectivity index (χ1n) is 4.89. The molecule has 2 heterocycles. The number of rotatable bonds is 3. The molecule has 0 saturated heterocycles. The predicted molar refractivity (Wildman–Crippen MR) is 62.4 cm³/mol. The molecular weight excluding hydrogens is 226 g/mol. The molecule has 0 saturated carbocycles. The van der Waals surface area contributed by atoms with E-state index in [9.17, 15) is 0 Å². The van der Waals surface area contributed by atoms with E-state index in [1.165, 1.54) is 0 Å². The van der Waals surface area contributed by atoms with Gasteiger partial charge in [0.25, 0.3) is 0 Å². The summed E-state index contributed by atoms with van der Waals surface area (Å²) in [7, 11) is 0. The summed E-state index contributed by atoms with van der Waals surface area (Å²) in [4.78, 5) is 8.36. The molecule has 0 bridgehead atoms. The Hall–Kier alpha value is -1.62. The fourth-order valence-electron chi connectivity index (χ4n) is 1.33. The summed E-state index contributed by atoms with van der Waals surface area (Å²) in [5, 5.41) is 10.4. The SMILES string of the molecule is Cc1nc(Cl)c(C)c(NCc2ccn[nH]2)n1. The van der Waals surface area contributed by atoms with Crippen molar-refractivity contribution in [3.63, 3.8) is 0 Å². The number of nitrogens with one attached hydrogen (secondary N) is 2. The number of aromatic nitrogens is 4. The number of hydrogen-bond donors (Lipinski definition) is 2. The van der Waals surface area contributed by atoms with Gasteiger partial charge in [0.2, 0.25) is 0 Å². The van der Waals surface area contributed by atoms with Gasteiger partial charge >= 0.3 is 0 Å². The van der Waals surface area contributed by atoms with Gasteiger partial charge in [0, 0.05) is 11.8 Å². The highest BCUT2D eigenvalue weighted by atomic mass is 35.5. The smallest absolute Gasteiger partial charge is 0.137 e. The van der Waals surface area contributed by atoms with Crippen LogP contribution in [-0.2, 0) is 6.54 Å². The van der Waals surface area contributed by atoms with Gasteiger partial charge in [0.15, 0.2) is 0 Å². The van der Waals surface area contributed by atoms with Gasteiger partial charge in [0.1, 0.15) is 16.8 Å². The molecule has 0 aliphatic carbocycles. The number of aryl methyl sites for hydroxylation is 1. The summed E-state index contributed by atoms with van der Waals surface area (Å²) in [5.74, 6) is 1.41. The third-order valence-electron chi connectivity index (χ3n) is 2.20. The molecule has 2 N–H and O–H groups in total. The minimum Gasteiger partial charge on any atom is -0.364 e. The van der Waals surface area contributed by atoms with Crippen molar-refractivity contribution in [1.82, 2.24) is 20.2 Å². The summed E-state index contributed by atoms with van der Waals surface area (Å²) in [6.07, 6.45) is 1.71. The van der Waals surface area contributed by atoms with Crippen LogP contribution in [0.2, 0.25) is 5.15 Å². The first kappa shape index (κ1) is 10.9. The largest absolute Gasteiger partial charge is 0.364 e. The Kier molecular flexibility index (Phi) is 3.05. The molecule has 0 amide bonds. The maximum atomic E-state index is 5.97. The third-order valence-corrected chi connectivity index (χ3v) is 2.57. The first-order chi connectivity index (χ1) is 7.66. The Bertz CT molecular complexity index is 480. The molecule has 16 heavy (non-hydrogen) atoms. The normalized spacial score (nSPS) is 10.4. The van der Waals surface area contributed by atoms with E-state index in [1.54, 1.807) is 6.20 Å². The molecule has 0 aromatic carbocycles. The average molecular weight is 238 g/mol. The fraction of sp³-hybridized carbons (Fsp3) is 0.300. The van der Waals surface area contributed by atoms with Crippen molar-refractivity contribution in [2.75, 3.05) is 5.32 Å². The Labute approximate surface area is 98.3 Å². The van der Waals surface area contributed by atoms with Crippen LogP contribution >= 0.6 is 11.6 Å². The number of halogens is 1. The predicted octanol–water partition coefficient (Wildman–Crippen LogP) is 2.08. The highest BCUT2D eigenvalue weighted by Crippen LogP contribution is 2.19. The van der Waals surface area contributed by atoms with E-state index in [-0.39, 0.29) is 0 Å². The van der Waals surface area contributed by atoms with Gasteiger partial charge in [-0.25, -0.2) is 9.97 Å². The lowest BCUT2D eigenvalue weighted by Crippen LogP contribution is -2.06. The maximum Gasteiger partial charge on any atom is 0.137 e. The topological polar surface area (TPSA) is 66.5 Å². The monoisotopic (exact) mass is 237 g/mol. The van der Waals surface area contributed by atoms with Gasteiger partial charge in [-0.3, -0.25) is 5.10 Å². The van der Waals surface area contributed by atoms with Crippen molar-refractivity contribution >= 4 is 17.4 Å². The fourth-order valence-corrected chi connectivity index (χ4v) is 1.54. The Morgan fingerprint density at radius 3 is 2.88 bits per heavy atom. The lowest BCUT2D eigenvalue weighted by Gasteiger charge is -2.09. The minimum atomic E-state index is 0.486. The molecule has 0 spiro atoms. The van der Waals surface area contributed by atoms with E-state index in [1.807, 2.05) is 19.9 Å². The van der Waals surface area contributed by atoms with E-state index < -0.39 is 0 Å². The van der Waals surface area contributed by atoms with Gasteiger partial charge in [-0.05, 0) is 19.9 Å². The highest BCUT2D eigenvalue weighted by Gasteiger charge is 2.06. The zero-order valence-electron chi connectivity index (χ0n) is 9.08. The van der Waals surface area contributed by atoms with Gasteiger partial charge in [-0.15, -0.1) is 0 Å². The molecule has 0 radical (unpaired) electrons. The Morgan fingerprint density at radius 1 is 1.38 bits per heavy atom. The van der Waals surface area contributed by atoms with Crippen LogP contribution in [0.3, 0.4) is 0 Å². The number of H-pyrrole nitrogens is 1. The summed E-state index contributed by atoms with van der Waals surface area (Å²) >= 11 is 5.97. The molecule has 2 aromatic rings. The molecule has 0 fully saturated rings. The van der Waals surface area contributed by atoms with E-state index in [4.69, 9.17) is 11.6 Å². The second-order valence-electron chi connectivity index (χ2n) is 3.47. The van der Waals surface area contributed by atoms with E-state index in [0.717, 1.165) is 17.1 Å². The third kappa shape index (κ3) is 2.30. The lowest BCUT2D eigenvalue weighted by atomic mass is 10.3. The molecule has 84 valence electrons. The molecule has 2 rings (SSSR count). The number of hydrogen-bond acceptors (Lipinski definition) is 4. The summed E-state index contributed by atoms with van der Waals surface area (Å²) in [6.45, 7) is 4.33. The van der Waals surface area contributed by atoms with Crippen LogP contribution in [0.25, 0.3) is 0 Å². The van der Waals surface area contributed by atoms with Crippen LogP contribution in [0.5, 0.6) is 0 Å². The summed E-state index contributed by atoms with van der Waals surface area (Å²) < 4.78 is 0. The zero-order valence-corrected chi connectivity index (χ0v) is 9.84. The van der Waals surface area contributed by atoms with Crippen molar-refractivity contribution in [2.45, 2.75) is 20.4 Å². The number of aromatic amines is 1. The van der Waals surface area contributed by atoms with Crippen LogP contribution in [-0.4, -0.2) is 20.2 Å². The van der Waals surface area contributed by atoms with E-state index in [2.05, 4.69) is 25.5 Å². The van der Waals surface area contributed by atoms with Crippen LogP contribution < -0.4 is 5.32 Å². The van der Waals surface area contributed by atoms with Gasteiger partial charge < -0.3 is 5.32 Å². The van der Waals surface area contributed by atoms with Crippen LogP contribution in [0.1, 0.15) is 17.1 Å². The zero-order chi connectivity index (χ0) is 11.5. The minimum absolute atomic E-state index is 0.486. The molecule has 5 nitrogen and oxygen atoms in total. The van der Waals surface area contributed by atoms with Crippen molar-refractivity contribution < 1.29 is 0 Å². The Balaban J connectivity index is 2.15. The number of nitrogens with zero attached hydrogens (tertiary/aromatic N) is 3. The van der Waals surface area contributed by atoms with Crippen molar-refractivity contribution in [2.24, 2.45) is 0 Å². The number of anilines is 1. The van der Waals surface area contributed by atoms with Gasteiger partial charge in [-0.2, -0.15) is 5.10 Å². The first-order valence-corrected chi connectivity index (χ1v) is 5.27. The lowest BCUT2D eigenvalue weighted by molar-refractivity contribution is 0.955. The average Bonchev–Trinajstić information content (AvgIpc) is 2.74. The summed E-state index contributed by atoms with van der Waals surface area (Å²) in [5.41, 5.74) is 1.85. The van der Waals surface area contributed by atoms with Crippen LogP contribution in [0, 0.1) is 13.8 Å².